The molecular weight excluding hydrogens is 529 g/mol. The zero-order chi connectivity index (χ0) is 28.8. The van der Waals surface area contributed by atoms with Crippen molar-refractivity contribution in [1.29, 1.82) is 0 Å². The monoisotopic (exact) mass is 571 g/mol. The van der Waals surface area contributed by atoms with E-state index < -0.39 is 13.5 Å². The van der Waals surface area contributed by atoms with Gasteiger partial charge in [-0.2, -0.15) is 0 Å². The first-order chi connectivity index (χ1) is 19.3. The number of para-hydroxylation sites is 1. The molecule has 0 saturated carbocycles. The number of aromatic hydroxyl groups is 1. The Hall–Kier alpha value is -2.87. The molecule has 0 saturated heterocycles. The normalized spacial score (nSPS) is 14.3. The van der Waals surface area contributed by atoms with Crippen LogP contribution in [0.15, 0.2) is 72.8 Å². The lowest BCUT2D eigenvalue weighted by atomic mass is 10.1. The molecule has 0 amide bonds. The van der Waals surface area contributed by atoms with Gasteiger partial charge >= 0.3 is 0 Å². The van der Waals surface area contributed by atoms with Crippen molar-refractivity contribution >= 4 is 7.37 Å². The Bertz CT molecular complexity index is 1190. The van der Waals surface area contributed by atoms with E-state index in [0.29, 0.717) is 36.4 Å². The SMILES string of the molecule is CCCCOP(=O)(COc1ccccc1)Cc1ccc(CC(C)NCC(O)COc2ccc(O)c(CO)c2)cc1. The van der Waals surface area contributed by atoms with Crippen molar-refractivity contribution in [2.24, 2.45) is 0 Å². The fraction of sp³-hybridized carbons (Fsp3) is 0.419. The van der Waals surface area contributed by atoms with Crippen LogP contribution in [-0.2, 0) is 28.3 Å². The number of ether oxygens (including phenoxy) is 2. The summed E-state index contributed by atoms with van der Waals surface area (Å²) in [6.07, 6.45) is 2.19. The summed E-state index contributed by atoms with van der Waals surface area (Å²) < 4.78 is 30.9. The van der Waals surface area contributed by atoms with Crippen LogP contribution in [0.4, 0.5) is 0 Å². The predicted molar refractivity (Wildman–Crippen MR) is 157 cm³/mol. The van der Waals surface area contributed by atoms with Gasteiger partial charge in [-0.1, -0.05) is 55.8 Å². The van der Waals surface area contributed by atoms with Gasteiger partial charge in [0.1, 0.15) is 30.0 Å². The van der Waals surface area contributed by atoms with Gasteiger partial charge in [-0.15, -0.1) is 0 Å². The summed E-state index contributed by atoms with van der Waals surface area (Å²) in [5.74, 6) is 1.15. The molecule has 0 spiro atoms. The zero-order valence-electron chi connectivity index (χ0n) is 23.4. The lowest BCUT2D eigenvalue weighted by molar-refractivity contribution is 0.104. The number of benzene rings is 3. The number of aliphatic hydroxyl groups is 2. The molecular formula is C31H42NO7P. The van der Waals surface area contributed by atoms with Crippen LogP contribution in [0, 0.1) is 0 Å². The van der Waals surface area contributed by atoms with Crippen LogP contribution in [0.1, 0.15) is 43.4 Å². The zero-order valence-corrected chi connectivity index (χ0v) is 24.3. The van der Waals surface area contributed by atoms with E-state index in [0.717, 1.165) is 30.4 Å². The van der Waals surface area contributed by atoms with Crippen molar-refractivity contribution in [3.05, 3.63) is 89.5 Å². The molecule has 0 fully saturated rings. The third-order valence-electron chi connectivity index (χ3n) is 6.35. The fourth-order valence-corrected chi connectivity index (χ4v) is 5.88. The maximum absolute atomic E-state index is 13.6. The van der Waals surface area contributed by atoms with Crippen LogP contribution in [0.5, 0.6) is 17.2 Å². The molecule has 40 heavy (non-hydrogen) atoms. The number of nitrogens with one attached hydrogen (secondary N) is 1. The first-order valence-electron chi connectivity index (χ1n) is 13.8. The average Bonchev–Trinajstić information content (AvgIpc) is 2.96. The quantitative estimate of drug-likeness (QED) is 0.117. The summed E-state index contributed by atoms with van der Waals surface area (Å²) in [7, 11) is -3.04. The third-order valence-corrected chi connectivity index (χ3v) is 8.37. The van der Waals surface area contributed by atoms with E-state index in [-0.39, 0.29) is 31.4 Å². The van der Waals surface area contributed by atoms with Crippen molar-refractivity contribution in [2.45, 2.75) is 58.0 Å². The molecule has 0 aliphatic heterocycles. The summed E-state index contributed by atoms with van der Waals surface area (Å²) in [6.45, 7) is 4.71. The van der Waals surface area contributed by atoms with Crippen molar-refractivity contribution in [1.82, 2.24) is 5.32 Å². The minimum atomic E-state index is -3.04. The van der Waals surface area contributed by atoms with Crippen molar-refractivity contribution in [3.63, 3.8) is 0 Å². The Balaban J connectivity index is 1.46. The molecule has 0 aromatic heterocycles. The number of hydrogen-bond donors (Lipinski definition) is 4. The van der Waals surface area contributed by atoms with Gasteiger partial charge in [0, 0.05) is 18.2 Å². The van der Waals surface area contributed by atoms with Crippen LogP contribution in [-0.4, -0.2) is 53.6 Å². The summed E-state index contributed by atoms with van der Waals surface area (Å²) in [5, 5.41) is 32.5. The third kappa shape index (κ3) is 11.0. The van der Waals surface area contributed by atoms with Crippen LogP contribution in [0.2, 0.25) is 0 Å². The first kappa shape index (κ1) is 31.7. The molecule has 0 aliphatic rings. The van der Waals surface area contributed by atoms with Gasteiger partial charge in [-0.05, 0) is 61.2 Å². The number of unbranched alkanes of at least 4 members (excludes halogenated alkanes) is 1. The Morgan fingerprint density at radius 1 is 0.950 bits per heavy atom. The Morgan fingerprint density at radius 3 is 2.38 bits per heavy atom. The predicted octanol–water partition coefficient (Wildman–Crippen LogP) is 5.48. The van der Waals surface area contributed by atoms with Crippen LogP contribution < -0.4 is 14.8 Å². The highest BCUT2D eigenvalue weighted by molar-refractivity contribution is 7.58. The Labute approximate surface area is 237 Å². The number of phenols is 1. The largest absolute Gasteiger partial charge is 0.508 e. The molecule has 218 valence electrons. The molecule has 3 rings (SSSR count). The fourth-order valence-electron chi connectivity index (χ4n) is 4.04. The second kappa shape index (κ2) is 16.4. The second-order valence-corrected chi connectivity index (χ2v) is 12.5. The molecule has 3 aromatic carbocycles. The molecule has 4 N–H and O–H groups in total. The summed E-state index contributed by atoms with van der Waals surface area (Å²) in [4.78, 5) is 0. The van der Waals surface area contributed by atoms with E-state index in [4.69, 9.17) is 14.0 Å². The minimum absolute atomic E-state index is 0.00492. The topological polar surface area (TPSA) is 117 Å². The average molecular weight is 572 g/mol. The van der Waals surface area contributed by atoms with E-state index in [1.165, 1.54) is 6.07 Å². The minimum Gasteiger partial charge on any atom is -0.508 e. The molecule has 3 aromatic rings. The van der Waals surface area contributed by atoms with E-state index in [9.17, 15) is 19.9 Å². The van der Waals surface area contributed by atoms with Gasteiger partial charge in [-0.3, -0.25) is 4.57 Å². The Morgan fingerprint density at radius 2 is 1.68 bits per heavy atom. The molecule has 3 atom stereocenters. The van der Waals surface area contributed by atoms with Gasteiger partial charge in [0.05, 0.1) is 19.4 Å². The molecule has 9 heteroatoms. The highest BCUT2D eigenvalue weighted by Crippen LogP contribution is 2.50. The van der Waals surface area contributed by atoms with Crippen LogP contribution in [0.3, 0.4) is 0 Å². The van der Waals surface area contributed by atoms with Crippen molar-refractivity contribution < 1.29 is 33.9 Å². The van der Waals surface area contributed by atoms with Gasteiger partial charge in [0.25, 0.3) is 0 Å². The molecule has 0 bridgehead atoms. The van der Waals surface area contributed by atoms with E-state index in [2.05, 4.69) is 12.2 Å². The van der Waals surface area contributed by atoms with Gasteiger partial charge in [0.15, 0.2) is 6.35 Å². The molecule has 3 unspecified atom stereocenters. The van der Waals surface area contributed by atoms with Gasteiger partial charge < -0.3 is 34.6 Å². The summed E-state index contributed by atoms with van der Waals surface area (Å²) in [6, 6.07) is 22.1. The van der Waals surface area contributed by atoms with E-state index in [1.54, 1.807) is 12.1 Å². The molecule has 0 radical (unpaired) electrons. The van der Waals surface area contributed by atoms with Crippen LogP contribution >= 0.6 is 7.37 Å². The lowest BCUT2D eigenvalue weighted by Gasteiger charge is -2.20. The maximum Gasteiger partial charge on any atom is 0.243 e. The summed E-state index contributed by atoms with van der Waals surface area (Å²) in [5.41, 5.74) is 2.43. The molecule has 0 aliphatic carbocycles. The highest BCUT2D eigenvalue weighted by atomic mass is 31.2. The van der Waals surface area contributed by atoms with Crippen molar-refractivity contribution in [3.8, 4) is 17.2 Å². The lowest BCUT2D eigenvalue weighted by Crippen LogP contribution is -2.37. The molecule has 0 heterocycles. The smallest absolute Gasteiger partial charge is 0.243 e. The van der Waals surface area contributed by atoms with Crippen LogP contribution in [0.25, 0.3) is 0 Å². The number of hydrogen-bond acceptors (Lipinski definition) is 8. The highest BCUT2D eigenvalue weighted by Gasteiger charge is 2.25. The standard InChI is InChI=1S/C31H42NO7P/c1-3-4-16-39-40(36,23-38-29-8-6-5-7-9-29)22-26-12-10-25(11-13-26)17-24(2)32-19-28(34)21-37-30-14-15-31(35)27(18-30)20-33/h5-15,18,24,28,32-35H,3-4,16-17,19-23H2,1-2H3. The molecule has 8 nitrogen and oxygen atoms in total. The van der Waals surface area contributed by atoms with Gasteiger partial charge in [0.2, 0.25) is 7.37 Å². The second-order valence-electron chi connectivity index (χ2n) is 9.99. The van der Waals surface area contributed by atoms with Gasteiger partial charge in [-0.25, -0.2) is 0 Å². The van der Waals surface area contributed by atoms with E-state index >= 15 is 0 Å². The van der Waals surface area contributed by atoms with Crippen molar-refractivity contribution in [2.75, 3.05) is 26.1 Å². The van der Waals surface area contributed by atoms with E-state index in [1.807, 2.05) is 61.5 Å². The maximum atomic E-state index is 13.6. The number of aliphatic hydroxyl groups excluding tert-OH is 2. The number of rotatable bonds is 18. The summed E-state index contributed by atoms with van der Waals surface area (Å²) >= 11 is 0. The first-order valence-corrected chi connectivity index (χ1v) is 15.7. The Kier molecular flexibility index (Phi) is 13.0.